The van der Waals surface area contributed by atoms with Gasteiger partial charge >= 0.3 is 0 Å². The normalized spacial score (nSPS) is 10.9. The molecule has 4 rings (SSSR count). The van der Waals surface area contributed by atoms with Gasteiger partial charge in [-0.05, 0) is 18.2 Å². The third-order valence-corrected chi connectivity index (χ3v) is 3.19. The van der Waals surface area contributed by atoms with Gasteiger partial charge in [0.05, 0.1) is 22.8 Å². The molecule has 0 aliphatic carbocycles. The predicted octanol–water partition coefficient (Wildman–Crippen LogP) is 2.14. The highest BCUT2D eigenvalue weighted by atomic mass is 15.2. The Bertz CT molecular complexity index is 972. The van der Waals surface area contributed by atoms with Crippen LogP contribution in [-0.2, 0) is 0 Å². The molecule has 4 aromatic heterocycles. The number of aromatic amines is 1. The van der Waals surface area contributed by atoms with Crippen LogP contribution in [0.25, 0.3) is 28.1 Å². The molecular formula is C14H8N6. The SMILES string of the molecule is N#Cc1ccnc2nc(-c3cnn4ccccc34)[nH]c12. The van der Waals surface area contributed by atoms with Crippen molar-refractivity contribution in [3.63, 3.8) is 0 Å². The molecule has 0 saturated carbocycles. The van der Waals surface area contributed by atoms with Crippen molar-refractivity contribution in [3.8, 4) is 17.5 Å². The summed E-state index contributed by atoms with van der Waals surface area (Å²) in [5.41, 5.74) is 3.55. The Morgan fingerprint density at radius 1 is 1.25 bits per heavy atom. The third kappa shape index (κ3) is 1.40. The van der Waals surface area contributed by atoms with Crippen LogP contribution in [0.4, 0.5) is 0 Å². The second-order valence-electron chi connectivity index (χ2n) is 4.34. The summed E-state index contributed by atoms with van der Waals surface area (Å²) >= 11 is 0. The zero-order valence-corrected chi connectivity index (χ0v) is 10.3. The van der Waals surface area contributed by atoms with E-state index in [4.69, 9.17) is 5.26 Å². The summed E-state index contributed by atoms with van der Waals surface area (Å²) in [5, 5.41) is 13.4. The number of hydrogen-bond acceptors (Lipinski definition) is 4. The summed E-state index contributed by atoms with van der Waals surface area (Å²) in [6.45, 7) is 0. The maximum Gasteiger partial charge on any atom is 0.179 e. The molecule has 0 saturated heterocycles. The first-order valence-corrected chi connectivity index (χ1v) is 6.04. The fourth-order valence-corrected chi connectivity index (χ4v) is 2.25. The number of H-pyrrole nitrogens is 1. The molecule has 6 heteroatoms. The molecular weight excluding hydrogens is 252 g/mol. The molecule has 0 spiro atoms. The van der Waals surface area contributed by atoms with E-state index in [1.807, 2.05) is 24.4 Å². The topological polar surface area (TPSA) is 82.7 Å². The van der Waals surface area contributed by atoms with Gasteiger partial charge in [0.15, 0.2) is 5.65 Å². The van der Waals surface area contributed by atoms with Crippen molar-refractivity contribution in [2.24, 2.45) is 0 Å². The highest BCUT2D eigenvalue weighted by Gasteiger charge is 2.13. The van der Waals surface area contributed by atoms with Crippen molar-refractivity contribution in [1.29, 1.82) is 5.26 Å². The maximum absolute atomic E-state index is 9.11. The first-order valence-electron chi connectivity index (χ1n) is 6.04. The molecule has 1 N–H and O–H groups in total. The standard InChI is InChI=1S/C14H8N6/c15-7-9-4-5-16-14-12(9)18-13(19-14)10-8-17-20-6-2-1-3-11(10)20/h1-6,8H,(H,16,18,19). The number of nitrogens with one attached hydrogen (secondary N) is 1. The van der Waals surface area contributed by atoms with E-state index in [1.165, 1.54) is 0 Å². The molecule has 0 aromatic carbocycles. The molecule has 0 atom stereocenters. The van der Waals surface area contributed by atoms with Crippen LogP contribution < -0.4 is 0 Å². The number of imidazole rings is 1. The van der Waals surface area contributed by atoms with Crippen LogP contribution in [-0.4, -0.2) is 24.6 Å². The fraction of sp³-hybridized carbons (Fsp3) is 0. The van der Waals surface area contributed by atoms with Crippen molar-refractivity contribution in [3.05, 3.63) is 48.4 Å². The summed E-state index contributed by atoms with van der Waals surface area (Å²) in [6, 6.07) is 9.63. The van der Waals surface area contributed by atoms with Gasteiger partial charge in [-0.1, -0.05) is 6.07 Å². The average Bonchev–Trinajstić information content (AvgIpc) is 3.10. The van der Waals surface area contributed by atoms with Crippen LogP contribution in [0.2, 0.25) is 0 Å². The van der Waals surface area contributed by atoms with Crippen molar-refractivity contribution in [2.75, 3.05) is 0 Å². The van der Waals surface area contributed by atoms with E-state index in [2.05, 4.69) is 26.1 Å². The van der Waals surface area contributed by atoms with E-state index in [0.29, 0.717) is 22.6 Å². The van der Waals surface area contributed by atoms with Gasteiger partial charge in [0.25, 0.3) is 0 Å². The van der Waals surface area contributed by atoms with E-state index < -0.39 is 0 Å². The van der Waals surface area contributed by atoms with Crippen LogP contribution >= 0.6 is 0 Å². The lowest BCUT2D eigenvalue weighted by Gasteiger charge is -1.93. The minimum Gasteiger partial charge on any atom is -0.335 e. The number of pyridine rings is 2. The predicted molar refractivity (Wildman–Crippen MR) is 72.8 cm³/mol. The summed E-state index contributed by atoms with van der Waals surface area (Å²) in [5.74, 6) is 0.663. The van der Waals surface area contributed by atoms with Crippen LogP contribution in [0.1, 0.15) is 5.56 Å². The van der Waals surface area contributed by atoms with Crippen LogP contribution in [0, 0.1) is 11.3 Å². The molecule has 0 unspecified atom stereocenters. The number of fused-ring (bicyclic) bond motifs is 2. The maximum atomic E-state index is 9.11. The van der Waals surface area contributed by atoms with Crippen molar-refractivity contribution >= 4 is 16.7 Å². The van der Waals surface area contributed by atoms with Crippen LogP contribution in [0.3, 0.4) is 0 Å². The lowest BCUT2D eigenvalue weighted by molar-refractivity contribution is 0.961. The molecule has 0 bridgehead atoms. The monoisotopic (exact) mass is 260 g/mol. The molecule has 94 valence electrons. The van der Waals surface area contributed by atoms with Crippen LogP contribution in [0.5, 0.6) is 0 Å². The van der Waals surface area contributed by atoms with Gasteiger partial charge < -0.3 is 4.98 Å². The second kappa shape index (κ2) is 3.90. The second-order valence-corrected chi connectivity index (χ2v) is 4.34. The molecule has 0 amide bonds. The summed E-state index contributed by atoms with van der Waals surface area (Å²) < 4.78 is 1.78. The van der Waals surface area contributed by atoms with Crippen molar-refractivity contribution in [1.82, 2.24) is 24.6 Å². The van der Waals surface area contributed by atoms with E-state index in [1.54, 1.807) is 23.0 Å². The van der Waals surface area contributed by atoms with E-state index >= 15 is 0 Å². The Balaban J connectivity index is 2.01. The Kier molecular flexibility index (Phi) is 2.08. The smallest absolute Gasteiger partial charge is 0.179 e. The third-order valence-electron chi connectivity index (χ3n) is 3.19. The molecule has 20 heavy (non-hydrogen) atoms. The van der Waals surface area contributed by atoms with Crippen molar-refractivity contribution < 1.29 is 0 Å². The highest BCUT2D eigenvalue weighted by molar-refractivity contribution is 5.84. The fourth-order valence-electron chi connectivity index (χ4n) is 2.25. The van der Waals surface area contributed by atoms with E-state index in [0.717, 1.165) is 11.1 Å². The van der Waals surface area contributed by atoms with Gasteiger partial charge in [0.2, 0.25) is 0 Å². The molecule has 0 radical (unpaired) electrons. The summed E-state index contributed by atoms with van der Waals surface area (Å²) in [6.07, 6.45) is 5.21. The average molecular weight is 260 g/mol. The van der Waals surface area contributed by atoms with E-state index in [-0.39, 0.29) is 0 Å². The molecule has 6 nitrogen and oxygen atoms in total. The first kappa shape index (κ1) is 10.7. The Hall–Kier alpha value is -3.20. The lowest BCUT2D eigenvalue weighted by Crippen LogP contribution is -1.84. The quantitative estimate of drug-likeness (QED) is 0.568. The van der Waals surface area contributed by atoms with Gasteiger partial charge in [-0.3, -0.25) is 0 Å². The van der Waals surface area contributed by atoms with Crippen LogP contribution in [0.15, 0.2) is 42.9 Å². The lowest BCUT2D eigenvalue weighted by atomic mass is 10.2. The molecule has 0 aliphatic heterocycles. The Morgan fingerprint density at radius 3 is 3.10 bits per heavy atom. The number of rotatable bonds is 1. The minimum atomic E-state index is 0.533. The van der Waals surface area contributed by atoms with Gasteiger partial charge in [0, 0.05) is 12.4 Å². The number of aromatic nitrogens is 5. The van der Waals surface area contributed by atoms with Crippen molar-refractivity contribution in [2.45, 2.75) is 0 Å². The molecule has 4 aromatic rings. The highest BCUT2D eigenvalue weighted by Crippen LogP contribution is 2.24. The largest absolute Gasteiger partial charge is 0.335 e. The summed E-state index contributed by atoms with van der Waals surface area (Å²) in [4.78, 5) is 11.8. The zero-order chi connectivity index (χ0) is 13.5. The molecule has 4 heterocycles. The Labute approximate surface area is 113 Å². The molecule has 0 aliphatic rings. The first-order chi connectivity index (χ1) is 9.86. The van der Waals surface area contributed by atoms with Gasteiger partial charge in [-0.25, -0.2) is 14.5 Å². The molecule has 0 fully saturated rings. The van der Waals surface area contributed by atoms with Gasteiger partial charge in [-0.2, -0.15) is 10.4 Å². The minimum absolute atomic E-state index is 0.533. The number of hydrogen-bond donors (Lipinski definition) is 1. The number of nitrogens with zero attached hydrogens (tertiary/aromatic N) is 5. The van der Waals surface area contributed by atoms with Gasteiger partial charge in [-0.15, -0.1) is 0 Å². The number of nitriles is 1. The Morgan fingerprint density at radius 2 is 2.20 bits per heavy atom. The van der Waals surface area contributed by atoms with Gasteiger partial charge in [0.1, 0.15) is 17.4 Å². The summed E-state index contributed by atoms with van der Waals surface area (Å²) in [7, 11) is 0. The zero-order valence-electron chi connectivity index (χ0n) is 10.3. The van der Waals surface area contributed by atoms with E-state index in [9.17, 15) is 0 Å².